The third-order valence-electron chi connectivity index (χ3n) is 4.02. The van der Waals surface area contributed by atoms with Gasteiger partial charge in [0.15, 0.2) is 0 Å². The summed E-state index contributed by atoms with van der Waals surface area (Å²) in [6.45, 7) is 5.13. The molecule has 1 N–H and O–H groups in total. The minimum Gasteiger partial charge on any atom is -0.342 e. The molecule has 0 bridgehead atoms. The molecule has 0 aromatic rings. The predicted molar refractivity (Wildman–Crippen MR) is 84.9 cm³/mol. The summed E-state index contributed by atoms with van der Waals surface area (Å²) in [7, 11) is 0. The van der Waals surface area contributed by atoms with Crippen LogP contribution in [0.2, 0.25) is 0 Å². The number of nitrogens with one attached hydrogen (secondary N) is 1. The molecule has 4 nitrogen and oxygen atoms in total. The molecule has 5 heteroatoms. The SMILES string of the molecule is CCC1(C)NC(=O)CCN(CCCCCCSC)C1=O. The van der Waals surface area contributed by atoms with E-state index < -0.39 is 5.54 Å². The molecule has 0 spiro atoms. The number of hydrogen-bond donors (Lipinski definition) is 1. The van der Waals surface area contributed by atoms with Crippen molar-refractivity contribution in [2.24, 2.45) is 0 Å². The van der Waals surface area contributed by atoms with E-state index in [2.05, 4.69) is 11.6 Å². The number of thioether (sulfide) groups is 1. The summed E-state index contributed by atoms with van der Waals surface area (Å²) in [5, 5.41) is 2.87. The fourth-order valence-electron chi connectivity index (χ4n) is 2.47. The average molecular weight is 300 g/mol. The van der Waals surface area contributed by atoms with Gasteiger partial charge in [0.05, 0.1) is 0 Å². The number of hydrogen-bond acceptors (Lipinski definition) is 3. The van der Waals surface area contributed by atoms with Gasteiger partial charge in [-0.15, -0.1) is 0 Å². The topological polar surface area (TPSA) is 49.4 Å². The van der Waals surface area contributed by atoms with Crippen molar-refractivity contribution in [3.8, 4) is 0 Å². The Hall–Kier alpha value is -0.710. The Bertz CT molecular complexity index is 336. The number of carbonyl (C=O) groups is 2. The molecule has 0 aromatic carbocycles. The Morgan fingerprint density at radius 1 is 1.25 bits per heavy atom. The smallest absolute Gasteiger partial charge is 0.248 e. The van der Waals surface area contributed by atoms with Crippen LogP contribution in [0.25, 0.3) is 0 Å². The summed E-state index contributed by atoms with van der Waals surface area (Å²) in [6.07, 6.45) is 7.87. The maximum Gasteiger partial charge on any atom is 0.248 e. The zero-order valence-corrected chi connectivity index (χ0v) is 13.9. The highest BCUT2D eigenvalue weighted by atomic mass is 32.2. The van der Waals surface area contributed by atoms with Crippen LogP contribution in [-0.4, -0.2) is 47.4 Å². The van der Waals surface area contributed by atoms with Gasteiger partial charge in [0.25, 0.3) is 0 Å². The third-order valence-corrected chi connectivity index (χ3v) is 4.71. The van der Waals surface area contributed by atoms with Crippen molar-refractivity contribution < 1.29 is 9.59 Å². The number of rotatable bonds is 8. The zero-order valence-electron chi connectivity index (χ0n) is 13.0. The summed E-state index contributed by atoms with van der Waals surface area (Å²) in [4.78, 5) is 26.1. The molecule has 1 aliphatic rings. The molecular formula is C15H28N2O2S. The van der Waals surface area contributed by atoms with E-state index in [-0.39, 0.29) is 11.8 Å². The van der Waals surface area contributed by atoms with Gasteiger partial charge < -0.3 is 10.2 Å². The molecule has 2 amide bonds. The molecule has 0 radical (unpaired) electrons. The van der Waals surface area contributed by atoms with Crippen molar-refractivity contribution in [3.63, 3.8) is 0 Å². The second-order valence-corrected chi connectivity index (χ2v) is 6.67. The molecule has 1 saturated heterocycles. The molecule has 1 atom stereocenters. The highest BCUT2D eigenvalue weighted by molar-refractivity contribution is 7.98. The van der Waals surface area contributed by atoms with E-state index >= 15 is 0 Å². The van der Waals surface area contributed by atoms with Crippen LogP contribution in [0.1, 0.15) is 52.4 Å². The van der Waals surface area contributed by atoms with E-state index in [4.69, 9.17) is 0 Å². The van der Waals surface area contributed by atoms with Crippen LogP contribution in [0.3, 0.4) is 0 Å². The maximum atomic E-state index is 12.5. The van der Waals surface area contributed by atoms with E-state index in [0.29, 0.717) is 19.4 Å². The van der Waals surface area contributed by atoms with E-state index in [1.165, 1.54) is 18.6 Å². The van der Waals surface area contributed by atoms with Gasteiger partial charge in [-0.05, 0) is 38.2 Å². The Balaban J connectivity index is 2.43. The van der Waals surface area contributed by atoms with Crippen LogP contribution < -0.4 is 5.32 Å². The third kappa shape index (κ3) is 5.00. The molecule has 1 fully saturated rings. The first-order valence-corrected chi connectivity index (χ1v) is 9.02. The maximum absolute atomic E-state index is 12.5. The van der Waals surface area contributed by atoms with E-state index in [1.807, 2.05) is 30.5 Å². The summed E-state index contributed by atoms with van der Waals surface area (Å²) in [5.41, 5.74) is -0.716. The van der Waals surface area contributed by atoms with E-state index in [9.17, 15) is 9.59 Å². The van der Waals surface area contributed by atoms with Crippen molar-refractivity contribution in [1.29, 1.82) is 0 Å². The standard InChI is InChI=1S/C15H28N2O2S/c1-4-15(2)14(19)17(11-9-13(18)16-15)10-7-5-6-8-12-20-3/h4-12H2,1-3H3,(H,16,18). The summed E-state index contributed by atoms with van der Waals surface area (Å²) in [5.74, 6) is 1.29. The van der Waals surface area contributed by atoms with Crippen LogP contribution in [0.15, 0.2) is 0 Å². The van der Waals surface area contributed by atoms with Gasteiger partial charge in [-0.2, -0.15) is 11.8 Å². The van der Waals surface area contributed by atoms with Crippen molar-refractivity contribution in [2.45, 2.75) is 57.9 Å². The number of amides is 2. The van der Waals surface area contributed by atoms with E-state index in [1.54, 1.807) is 0 Å². The molecule has 1 heterocycles. The van der Waals surface area contributed by atoms with Crippen LogP contribution in [0, 0.1) is 0 Å². The van der Waals surface area contributed by atoms with Gasteiger partial charge in [-0.25, -0.2) is 0 Å². The van der Waals surface area contributed by atoms with Gasteiger partial charge in [0, 0.05) is 19.5 Å². The Morgan fingerprint density at radius 2 is 1.95 bits per heavy atom. The van der Waals surface area contributed by atoms with E-state index in [0.717, 1.165) is 19.4 Å². The molecule has 1 unspecified atom stereocenters. The first kappa shape index (κ1) is 17.3. The lowest BCUT2D eigenvalue weighted by molar-refractivity contribution is -0.138. The molecule has 20 heavy (non-hydrogen) atoms. The molecule has 0 aliphatic carbocycles. The van der Waals surface area contributed by atoms with Crippen molar-refractivity contribution >= 4 is 23.6 Å². The lowest BCUT2D eigenvalue weighted by Crippen LogP contribution is -2.54. The Morgan fingerprint density at radius 3 is 2.60 bits per heavy atom. The molecule has 0 saturated carbocycles. The minimum atomic E-state index is -0.716. The molecular weight excluding hydrogens is 272 g/mol. The highest BCUT2D eigenvalue weighted by Crippen LogP contribution is 2.18. The largest absolute Gasteiger partial charge is 0.342 e. The number of carbonyl (C=O) groups excluding carboxylic acids is 2. The second-order valence-electron chi connectivity index (χ2n) is 5.68. The molecule has 1 rings (SSSR count). The highest BCUT2D eigenvalue weighted by Gasteiger charge is 2.38. The summed E-state index contributed by atoms with van der Waals surface area (Å²) >= 11 is 1.88. The van der Waals surface area contributed by atoms with Gasteiger partial charge in [0.2, 0.25) is 11.8 Å². The van der Waals surface area contributed by atoms with Gasteiger partial charge in [-0.1, -0.05) is 19.8 Å². The monoisotopic (exact) mass is 300 g/mol. The lowest BCUT2D eigenvalue weighted by Gasteiger charge is -2.31. The summed E-state index contributed by atoms with van der Waals surface area (Å²) < 4.78 is 0. The molecule has 1 aliphatic heterocycles. The first-order chi connectivity index (χ1) is 9.53. The van der Waals surface area contributed by atoms with Crippen LogP contribution in [0.4, 0.5) is 0 Å². The normalized spacial score (nSPS) is 23.6. The predicted octanol–water partition coefficient (Wildman–Crippen LogP) is 2.43. The van der Waals surface area contributed by atoms with Crippen LogP contribution >= 0.6 is 11.8 Å². The Kier molecular flexibility index (Phi) is 7.41. The fraction of sp³-hybridized carbons (Fsp3) is 0.867. The minimum absolute atomic E-state index is 0.00910. The number of nitrogens with zero attached hydrogens (tertiary/aromatic N) is 1. The first-order valence-electron chi connectivity index (χ1n) is 7.63. The second kappa shape index (κ2) is 8.55. The quantitative estimate of drug-likeness (QED) is 0.700. The van der Waals surface area contributed by atoms with Gasteiger partial charge in [0.1, 0.15) is 5.54 Å². The van der Waals surface area contributed by atoms with Crippen molar-refractivity contribution in [3.05, 3.63) is 0 Å². The fourth-order valence-corrected chi connectivity index (χ4v) is 2.96. The average Bonchev–Trinajstić information content (AvgIpc) is 2.54. The van der Waals surface area contributed by atoms with Crippen LogP contribution in [-0.2, 0) is 9.59 Å². The summed E-state index contributed by atoms with van der Waals surface area (Å²) in [6, 6.07) is 0. The lowest BCUT2D eigenvalue weighted by atomic mass is 9.97. The molecule has 116 valence electrons. The van der Waals surface area contributed by atoms with Crippen molar-refractivity contribution in [2.75, 3.05) is 25.1 Å². The number of unbranched alkanes of at least 4 members (excludes halogenated alkanes) is 3. The Labute approximate surface area is 127 Å². The van der Waals surface area contributed by atoms with Gasteiger partial charge >= 0.3 is 0 Å². The van der Waals surface area contributed by atoms with Crippen molar-refractivity contribution in [1.82, 2.24) is 10.2 Å². The van der Waals surface area contributed by atoms with Crippen LogP contribution in [0.5, 0.6) is 0 Å². The molecule has 0 aromatic heterocycles. The van der Waals surface area contributed by atoms with Gasteiger partial charge in [-0.3, -0.25) is 9.59 Å². The zero-order chi connectivity index (χ0) is 15.0.